The smallest absolute Gasteiger partial charge is 0.248 e. The summed E-state index contributed by atoms with van der Waals surface area (Å²) in [7, 11) is -3.36. The van der Waals surface area contributed by atoms with Crippen LogP contribution in [-0.4, -0.2) is 42.3 Å². The lowest BCUT2D eigenvalue weighted by atomic mass is 9.84. The highest BCUT2D eigenvalue weighted by Gasteiger charge is 2.36. The molecule has 160 valence electrons. The predicted molar refractivity (Wildman–Crippen MR) is 118 cm³/mol. The van der Waals surface area contributed by atoms with Crippen LogP contribution in [0.1, 0.15) is 49.7 Å². The maximum atomic E-state index is 13.2. The Hall–Kier alpha value is -2.26. The topological polar surface area (TPSA) is 103 Å². The number of thiazole rings is 1. The van der Waals surface area contributed by atoms with E-state index in [0.717, 1.165) is 18.4 Å². The first-order chi connectivity index (χ1) is 14.3. The summed E-state index contributed by atoms with van der Waals surface area (Å²) in [4.78, 5) is 19.4. The molecule has 2 aliphatic rings. The lowest BCUT2D eigenvalue weighted by Crippen LogP contribution is -2.45. The Morgan fingerprint density at radius 1 is 1.33 bits per heavy atom. The van der Waals surface area contributed by atoms with Crippen LogP contribution in [-0.2, 0) is 21.2 Å². The van der Waals surface area contributed by atoms with E-state index in [1.807, 2.05) is 10.3 Å². The summed E-state index contributed by atoms with van der Waals surface area (Å²) >= 11 is 1.37. The van der Waals surface area contributed by atoms with Gasteiger partial charge in [0.15, 0.2) is 15.0 Å². The first kappa shape index (κ1) is 21.0. The highest BCUT2D eigenvalue weighted by molar-refractivity contribution is 7.90. The minimum atomic E-state index is -3.36. The maximum absolute atomic E-state index is 13.2. The molecule has 1 unspecified atom stereocenters. The van der Waals surface area contributed by atoms with E-state index >= 15 is 0 Å². The van der Waals surface area contributed by atoms with Gasteiger partial charge in [-0.2, -0.15) is 0 Å². The Kier molecular flexibility index (Phi) is 5.92. The van der Waals surface area contributed by atoms with E-state index in [1.165, 1.54) is 36.9 Å². The van der Waals surface area contributed by atoms with Crippen LogP contribution in [0.15, 0.2) is 34.7 Å². The lowest BCUT2D eigenvalue weighted by Gasteiger charge is -2.32. The Morgan fingerprint density at radius 3 is 2.77 bits per heavy atom. The molecule has 9 heteroatoms. The summed E-state index contributed by atoms with van der Waals surface area (Å²) < 4.78 is 23.9. The first-order valence-electron chi connectivity index (χ1n) is 10.2. The minimum Gasteiger partial charge on any atom is -0.340 e. The molecule has 0 spiro atoms. The van der Waals surface area contributed by atoms with E-state index in [2.05, 4.69) is 10.3 Å². The lowest BCUT2D eigenvalue weighted by molar-refractivity contribution is -0.120. The molecule has 1 aliphatic heterocycles. The molecule has 4 rings (SSSR count). The Labute approximate surface area is 180 Å². The number of carbonyl (C=O) groups is 1. The van der Waals surface area contributed by atoms with E-state index in [9.17, 15) is 13.2 Å². The number of aromatic nitrogens is 1. The average Bonchev–Trinajstić information content (AvgIpc) is 3.34. The molecule has 2 aromatic rings. The van der Waals surface area contributed by atoms with Gasteiger partial charge in [-0.05, 0) is 30.0 Å². The molecular formula is C21H26N4O3S2. The SMILES string of the molecule is CS(=O)(=O)c1ccc2c(c1)C(=N)N(C(CC1CCCCC1)C(=O)Nc1nccs1)C2. The van der Waals surface area contributed by atoms with Crippen LogP contribution in [0.5, 0.6) is 0 Å². The molecule has 1 saturated carbocycles. The van der Waals surface area contributed by atoms with Crippen LogP contribution in [0.4, 0.5) is 5.13 Å². The number of hydrogen-bond donors (Lipinski definition) is 2. The van der Waals surface area contributed by atoms with Gasteiger partial charge in [0.1, 0.15) is 11.9 Å². The summed E-state index contributed by atoms with van der Waals surface area (Å²) in [5.74, 6) is 0.510. The monoisotopic (exact) mass is 446 g/mol. The molecule has 7 nitrogen and oxygen atoms in total. The fraction of sp³-hybridized carbons (Fsp3) is 0.476. The van der Waals surface area contributed by atoms with Gasteiger partial charge in [-0.3, -0.25) is 10.2 Å². The van der Waals surface area contributed by atoms with Crippen molar-refractivity contribution in [3.8, 4) is 0 Å². The summed E-state index contributed by atoms with van der Waals surface area (Å²) in [6.07, 6.45) is 9.32. The van der Waals surface area contributed by atoms with Crippen molar-refractivity contribution < 1.29 is 13.2 Å². The van der Waals surface area contributed by atoms with Crippen LogP contribution in [0, 0.1) is 11.3 Å². The summed E-state index contributed by atoms with van der Waals surface area (Å²) in [6, 6.07) is 4.41. The van der Waals surface area contributed by atoms with Crippen molar-refractivity contribution in [1.29, 1.82) is 5.41 Å². The Balaban J connectivity index is 1.60. The number of sulfone groups is 1. The number of anilines is 1. The van der Waals surface area contributed by atoms with Crippen molar-refractivity contribution >= 4 is 38.0 Å². The number of nitrogens with zero attached hydrogens (tertiary/aromatic N) is 2. The largest absolute Gasteiger partial charge is 0.340 e. The molecule has 0 bridgehead atoms. The number of amidine groups is 1. The number of hydrogen-bond acceptors (Lipinski definition) is 6. The van der Waals surface area contributed by atoms with E-state index < -0.39 is 15.9 Å². The second-order valence-corrected chi connectivity index (χ2v) is 11.1. The second kappa shape index (κ2) is 8.47. The van der Waals surface area contributed by atoms with E-state index in [4.69, 9.17) is 5.41 Å². The second-order valence-electron chi connectivity index (χ2n) is 8.15. The zero-order chi connectivity index (χ0) is 21.3. The number of amides is 1. The minimum absolute atomic E-state index is 0.156. The number of benzene rings is 1. The van der Waals surface area contributed by atoms with Crippen LogP contribution in [0.25, 0.3) is 0 Å². The third kappa shape index (κ3) is 4.41. The fourth-order valence-electron chi connectivity index (χ4n) is 4.42. The van der Waals surface area contributed by atoms with E-state index in [0.29, 0.717) is 29.6 Å². The van der Waals surface area contributed by atoms with Crippen LogP contribution >= 0.6 is 11.3 Å². The van der Waals surface area contributed by atoms with Crippen LogP contribution in [0.3, 0.4) is 0 Å². The maximum Gasteiger partial charge on any atom is 0.248 e. The average molecular weight is 447 g/mol. The van der Waals surface area contributed by atoms with Gasteiger partial charge in [-0.15, -0.1) is 11.3 Å². The molecular weight excluding hydrogens is 420 g/mol. The first-order valence-corrected chi connectivity index (χ1v) is 13.0. The quantitative estimate of drug-likeness (QED) is 0.705. The van der Waals surface area contributed by atoms with Gasteiger partial charge < -0.3 is 10.2 Å². The van der Waals surface area contributed by atoms with Crippen molar-refractivity contribution in [2.45, 2.75) is 56.0 Å². The van der Waals surface area contributed by atoms with Gasteiger partial charge in [0.2, 0.25) is 5.91 Å². The van der Waals surface area contributed by atoms with E-state index in [-0.39, 0.29) is 16.6 Å². The zero-order valence-electron chi connectivity index (χ0n) is 16.9. The molecule has 0 radical (unpaired) electrons. The zero-order valence-corrected chi connectivity index (χ0v) is 18.6. The van der Waals surface area contributed by atoms with Crippen molar-refractivity contribution in [2.24, 2.45) is 5.92 Å². The summed E-state index contributed by atoms with van der Waals surface area (Å²) in [6.45, 7) is 0.431. The summed E-state index contributed by atoms with van der Waals surface area (Å²) in [5, 5.41) is 14.0. The molecule has 1 atom stereocenters. The number of nitrogens with one attached hydrogen (secondary N) is 2. The third-order valence-electron chi connectivity index (χ3n) is 6.02. The normalized spacial score (nSPS) is 18.3. The highest BCUT2D eigenvalue weighted by atomic mass is 32.2. The van der Waals surface area contributed by atoms with Gasteiger partial charge in [0.05, 0.1) is 4.90 Å². The van der Waals surface area contributed by atoms with Crippen molar-refractivity contribution in [3.63, 3.8) is 0 Å². The Morgan fingerprint density at radius 2 is 2.10 bits per heavy atom. The molecule has 1 amide bonds. The van der Waals surface area contributed by atoms with Gasteiger partial charge >= 0.3 is 0 Å². The molecule has 1 aromatic carbocycles. The summed E-state index contributed by atoms with van der Waals surface area (Å²) in [5.41, 5.74) is 1.47. The van der Waals surface area contributed by atoms with E-state index in [1.54, 1.807) is 24.4 Å². The molecule has 2 N–H and O–H groups in total. The van der Waals surface area contributed by atoms with Crippen molar-refractivity contribution in [1.82, 2.24) is 9.88 Å². The van der Waals surface area contributed by atoms with Gasteiger partial charge in [-0.1, -0.05) is 38.2 Å². The fourth-order valence-corrected chi connectivity index (χ4v) is 5.60. The molecule has 1 aromatic heterocycles. The molecule has 0 saturated heterocycles. The molecule has 2 heterocycles. The number of carbonyl (C=O) groups excluding carboxylic acids is 1. The number of rotatable bonds is 6. The standard InChI is InChI=1S/C21H26N4O3S2/c1-30(27,28)16-8-7-15-13-25(19(22)17(15)12-16)18(11-14-5-3-2-4-6-14)20(26)24-21-23-9-10-29-21/h7-10,12,14,18,22H,2-6,11,13H2,1H3,(H,23,24,26). The van der Waals surface area contributed by atoms with Crippen molar-refractivity contribution in [2.75, 3.05) is 11.6 Å². The van der Waals surface area contributed by atoms with Crippen LogP contribution < -0.4 is 5.32 Å². The Bertz CT molecular complexity index is 1040. The number of fused-ring (bicyclic) bond motifs is 1. The van der Waals surface area contributed by atoms with Crippen molar-refractivity contribution in [3.05, 3.63) is 40.9 Å². The van der Waals surface area contributed by atoms with Gasteiger partial charge in [-0.25, -0.2) is 13.4 Å². The third-order valence-corrected chi connectivity index (χ3v) is 7.81. The highest BCUT2D eigenvalue weighted by Crippen LogP contribution is 2.33. The predicted octanol–water partition coefficient (Wildman–Crippen LogP) is 3.67. The van der Waals surface area contributed by atoms with Gasteiger partial charge in [0.25, 0.3) is 0 Å². The molecule has 30 heavy (non-hydrogen) atoms. The van der Waals surface area contributed by atoms with Crippen LogP contribution in [0.2, 0.25) is 0 Å². The van der Waals surface area contributed by atoms with Gasteiger partial charge in [0, 0.05) is 29.9 Å². The molecule has 1 aliphatic carbocycles. The molecule has 1 fully saturated rings.